The summed E-state index contributed by atoms with van der Waals surface area (Å²) in [5.74, 6) is 1.31. The first-order valence-electron chi connectivity index (χ1n) is 6.88. The Labute approximate surface area is 142 Å². The van der Waals surface area contributed by atoms with Gasteiger partial charge in [0.25, 0.3) is 0 Å². The maximum Gasteiger partial charge on any atom is 0.230 e. The lowest BCUT2D eigenvalue weighted by Crippen LogP contribution is -2.53. The number of hydrogen-bond donors (Lipinski definition) is 2. The largest absolute Gasteiger partial charge is 0.349 e. The first kappa shape index (κ1) is 20.6. The van der Waals surface area contributed by atoms with Crippen molar-refractivity contribution in [3.8, 4) is 0 Å². The molecule has 0 atom stereocenters. The highest BCUT2D eigenvalue weighted by molar-refractivity contribution is 7.99. The van der Waals surface area contributed by atoms with Gasteiger partial charge in [-0.1, -0.05) is 37.6 Å². The van der Waals surface area contributed by atoms with Crippen LogP contribution < -0.4 is 11.1 Å². The molecule has 0 saturated carbocycles. The standard InChI is InChI=1S/C15H23ClN2OS.ClH/c1-3-15(4-2,11-17)18-14(19)10-20-9-12-5-7-13(16)8-6-12;/h5-8H,3-4,9-11,17H2,1-2H3,(H,18,19);1H. The number of benzene rings is 1. The van der Waals surface area contributed by atoms with Crippen molar-refractivity contribution in [3.05, 3.63) is 34.9 Å². The van der Waals surface area contributed by atoms with Crippen molar-refractivity contribution in [3.63, 3.8) is 0 Å². The quantitative estimate of drug-likeness (QED) is 0.752. The number of nitrogens with one attached hydrogen (secondary N) is 1. The molecule has 1 aromatic carbocycles. The maximum atomic E-state index is 12.0. The van der Waals surface area contributed by atoms with Crippen LogP contribution in [-0.2, 0) is 10.5 Å². The molecule has 120 valence electrons. The Morgan fingerprint density at radius 1 is 1.29 bits per heavy atom. The molecule has 3 nitrogen and oxygen atoms in total. The zero-order chi connectivity index (χ0) is 15.0. The van der Waals surface area contributed by atoms with E-state index in [2.05, 4.69) is 19.2 Å². The van der Waals surface area contributed by atoms with E-state index in [-0.39, 0.29) is 23.9 Å². The second-order valence-electron chi connectivity index (χ2n) is 4.86. The molecule has 0 aliphatic heterocycles. The highest BCUT2D eigenvalue weighted by atomic mass is 35.5. The molecule has 0 radical (unpaired) electrons. The number of nitrogens with two attached hydrogens (primary N) is 1. The van der Waals surface area contributed by atoms with Crippen LogP contribution in [0.25, 0.3) is 0 Å². The molecular formula is C15H24Cl2N2OS. The normalized spacial score (nSPS) is 10.9. The van der Waals surface area contributed by atoms with E-state index in [1.807, 2.05) is 24.3 Å². The third-order valence-corrected chi connectivity index (χ3v) is 4.82. The van der Waals surface area contributed by atoms with E-state index in [0.717, 1.165) is 23.6 Å². The number of rotatable bonds is 8. The summed E-state index contributed by atoms with van der Waals surface area (Å²) in [5.41, 5.74) is 6.69. The predicted octanol–water partition coefficient (Wildman–Crippen LogP) is 3.63. The van der Waals surface area contributed by atoms with E-state index in [0.29, 0.717) is 12.3 Å². The molecule has 0 spiro atoms. The van der Waals surface area contributed by atoms with Gasteiger partial charge in [0, 0.05) is 17.3 Å². The Hall–Kier alpha value is -0.420. The van der Waals surface area contributed by atoms with Gasteiger partial charge in [-0.15, -0.1) is 24.2 Å². The Morgan fingerprint density at radius 2 is 1.86 bits per heavy atom. The summed E-state index contributed by atoms with van der Waals surface area (Å²) in [6.07, 6.45) is 1.71. The topological polar surface area (TPSA) is 55.1 Å². The number of thioether (sulfide) groups is 1. The van der Waals surface area contributed by atoms with Crippen LogP contribution in [0.4, 0.5) is 0 Å². The molecule has 1 aromatic rings. The fourth-order valence-corrected chi connectivity index (χ4v) is 2.85. The Kier molecular flexibility index (Phi) is 10.1. The first-order valence-corrected chi connectivity index (χ1v) is 8.41. The fourth-order valence-electron chi connectivity index (χ4n) is 1.94. The van der Waals surface area contributed by atoms with Gasteiger partial charge in [0.15, 0.2) is 0 Å². The van der Waals surface area contributed by atoms with Gasteiger partial charge in [-0.25, -0.2) is 0 Å². The summed E-state index contributed by atoms with van der Waals surface area (Å²) in [6.45, 7) is 4.59. The smallest absolute Gasteiger partial charge is 0.230 e. The molecule has 0 bridgehead atoms. The maximum absolute atomic E-state index is 12.0. The van der Waals surface area contributed by atoms with E-state index in [1.54, 1.807) is 11.8 Å². The summed E-state index contributed by atoms with van der Waals surface area (Å²) >= 11 is 7.43. The molecule has 0 aliphatic rings. The van der Waals surface area contributed by atoms with Crippen LogP contribution in [0.2, 0.25) is 5.02 Å². The number of carbonyl (C=O) groups is 1. The van der Waals surface area contributed by atoms with E-state index in [4.69, 9.17) is 17.3 Å². The molecule has 0 aliphatic carbocycles. The summed E-state index contributed by atoms with van der Waals surface area (Å²) in [5, 5.41) is 3.80. The molecule has 21 heavy (non-hydrogen) atoms. The minimum Gasteiger partial charge on any atom is -0.349 e. The second kappa shape index (κ2) is 10.3. The monoisotopic (exact) mass is 350 g/mol. The van der Waals surface area contributed by atoms with E-state index in [1.165, 1.54) is 5.56 Å². The van der Waals surface area contributed by atoms with Crippen molar-refractivity contribution >= 4 is 41.7 Å². The number of carbonyl (C=O) groups excluding carboxylic acids is 1. The summed E-state index contributed by atoms with van der Waals surface area (Å²) < 4.78 is 0. The lowest BCUT2D eigenvalue weighted by Gasteiger charge is -2.31. The summed E-state index contributed by atoms with van der Waals surface area (Å²) in [7, 11) is 0. The molecular weight excluding hydrogens is 327 g/mol. The molecule has 1 amide bonds. The van der Waals surface area contributed by atoms with Gasteiger partial charge >= 0.3 is 0 Å². The first-order chi connectivity index (χ1) is 9.55. The van der Waals surface area contributed by atoms with E-state index in [9.17, 15) is 4.79 Å². The van der Waals surface area contributed by atoms with Crippen LogP contribution in [-0.4, -0.2) is 23.7 Å². The Bertz CT molecular complexity index is 414. The van der Waals surface area contributed by atoms with E-state index < -0.39 is 0 Å². The van der Waals surface area contributed by atoms with Gasteiger partial charge in [0.05, 0.1) is 11.3 Å². The van der Waals surface area contributed by atoms with Gasteiger partial charge in [-0.2, -0.15) is 0 Å². The molecule has 0 aromatic heterocycles. The Balaban J connectivity index is 0.00000400. The van der Waals surface area contributed by atoms with Crippen molar-refractivity contribution in [2.75, 3.05) is 12.3 Å². The lowest BCUT2D eigenvalue weighted by molar-refractivity contribution is -0.120. The molecule has 0 unspecified atom stereocenters. The van der Waals surface area contributed by atoms with Gasteiger partial charge < -0.3 is 11.1 Å². The molecule has 3 N–H and O–H groups in total. The third-order valence-electron chi connectivity index (χ3n) is 3.56. The van der Waals surface area contributed by atoms with Gasteiger partial charge in [-0.3, -0.25) is 4.79 Å². The number of halogens is 2. The van der Waals surface area contributed by atoms with Crippen molar-refractivity contribution in [2.24, 2.45) is 5.73 Å². The minimum absolute atomic E-state index is 0. The molecule has 0 fully saturated rings. The summed E-state index contributed by atoms with van der Waals surface area (Å²) in [4.78, 5) is 12.0. The Morgan fingerprint density at radius 3 is 2.33 bits per heavy atom. The van der Waals surface area contributed by atoms with Crippen LogP contribution in [0.3, 0.4) is 0 Å². The second-order valence-corrected chi connectivity index (χ2v) is 6.28. The van der Waals surface area contributed by atoms with Crippen molar-refractivity contribution in [1.29, 1.82) is 0 Å². The SMILES string of the molecule is CCC(CC)(CN)NC(=O)CSCc1ccc(Cl)cc1.Cl. The average molecular weight is 351 g/mol. The molecule has 1 rings (SSSR count). The fraction of sp³-hybridized carbons (Fsp3) is 0.533. The van der Waals surface area contributed by atoms with Crippen LogP contribution >= 0.6 is 35.8 Å². The predicted molar refractivity (Wildman–Crippen MR) is 95.4 cm³/mol. The molecule has 6 heteroatoms. The average Bonchev–Trinajstić information content (AvgIpc) is 2.47. The van der Waals surface area contributed by atoms with Crippen molar-refractivity contribution in [1.82, 2.24) is 5.32 Å². The van der Waals surface area contributed by atoms with Crippen molar-refractivity contribution in [2.45, 2.75) is 38.0 Å². The van der Waals surface area contributed by atoms with Crippen LogP contribution in [0.15, 0.2) is 24.3 Å². The van der Waals surface area contributed by atoms with Gasteiger partial charge in [-0.05, 0) is 30.5 Å². The van der Waals surface area contributed by atoms with Gasteiger partial charge in [0.1, 0.15) is 0 Å². The highest BCUT2D eigenvalue weighted by Crippen LogP contribution is 2.17. The van der Waals surface area contributed by atoms with Crippen LogP contribution in [0.5, 0.6) is 0 Å². The zero-order valence-corrected chi connectivity index (χ0v) is 14.9. The minimum atomic E-state index is -0.252. The zero-order valence-electron chi connectivity index (χ0n) is 12.5. The highest BCUT2D eigenvalue weighted by Gasteiger charge is 2.25. The van der Waals surface area contributed by atoms with Crippen LogP contribution in [0, 0.1) is 0 Å². The number of amides is 1. The van der Waals surface area contributed by atoms with E-state index >= 15 is 0 Å². The third kappa shape index (κ3) is 6.92. The van der Waals surface area contributed by atoms with Crippen molar-refractivity contribution < 1.29 is 4.79 Å². The van der Waals surface area contributed by atoms with Gasteiger partial charge in [0.2, 0.25) is 5.91 Å². The molecule has 0 saturated heterocycles. The summed E-state index contributed by atoms with van der Waals surface area (Å²) in [6, 6.07) is 7.70. The number of hydrogen-bond acceptors (Lipinski definition) is 3. The molecule has 0 heterocycles. The lowest BCUT2D eigenvalue weighted by atomic mass is 9.93. The van der Waals surface area contributed by atoms with Crippen LogP contribution in [0.1, 0.15) is 32.3 Å².